The Kier molecular flexibility index (Phi) is 4.82. The molecule has 9 heteroatoms. The van der Waals surface area contributed by atoms with Crippen molar-refractivity contribution in [2.24, 2.45) is 0 Å². The molecule has 4 rings (SSSR count). The number of aromatic nitrogens is 5. The van der Waals surface area contributed by atoms with E-state index >= 15 is 0 Å². The summed E-state index contributed by atoms with van der Waals surface area (Å²) in [4.78, 5) is 28.3. The van der Waals surface area contributed by atoms with E-state index in [1.54, 1.807) is 23.5 Å². The molecular formula is C18H18N8O. The van der Waals surface area contributed by atoms with Gasteiger partial charge in [-0.05, 0) is 24.3 Å². The van der Waals surface area contributed by atoms with Crippen LogP contribution >= 0.6 is 0 Å². The van der Waals surface area contributed by atoms with Crippen LogP contribution in [0.2, 0.25) is 0 Å². The Morgan fingerprint density at radius 1 is 0.889 bits per heavy atom. The Labute approximate surface area is 156 Å². The summed E-state index contributed by atoms with van der Waals surface area (Å²) in [6.45, 7) is 2.60. The number of carbonyl (C=O) groups excluding carboxylic acids is 1. The summed E-state index contributed by atoms with van der Waals surface area (Å²) < 4.78 is 0. The van der Waals surface area contributed by atoms with Crippen molar-refractivity contribution in [3.8, 4) is 0 Å². The zero-order chi connectivity index (χ0) is 18.5. The van der Waals surface area contributed by atoms with E-state index in [2.05, 4.69) is 35.4 Å². The van der Waals surface area contributed by atoms with Crippen molar-refractivity contribution in [1.29, 1.82) is 0 Å². The van der Waals surface area contributed by atoms with Gasteiger partial charge in [-0.25, -0.2) is 4.98 Å². The van der Waals surface area contributed by atoms with Crippen LogP contribution in [0.25, 0.3) is 0 Å². The molecule has 0 unspecified atom stereocenters. The average molecular weight is 362 g/mol. The minimum Gasteiger partial charge on any atom is -0.352 e. The molecule has 3 aromatic heterocycles. The van der Waals surface area contributed by atoms with Gasteiger partial charge in [0.25, 0.3) is 5.91 Å². The van der Waals surface area contributed by atoms with Crippen LogP contribution in [0.4, 0.5) is 17.3 Å². The zero-order valence-electron chi connectivity index (χ0n) is 14.6. The van der Waals surface area contributed by atoms with Gasteiger partial charge >= 0.3 is 0 Å². The third-order valence-corrected chi connectivity index (χ3v) is 4.28. The molecule has 9 nitrogen and oxygen atoms in total. The van der Waals surface area contributed by atoms with Gasteiger partial charge in [-0.3, -0.25) is 14.8 Å². The highest BCUT2D eigenvalue weighted by Gasteiger charge is 2.23. The third kappa shape index (κ3) is 3.97. The maximum atomic E-state index is 12.4. The molecule has 3 aromatic rings. The SMILES string of the molecule is O=C(c1cnccn1)N1CCN(c2ccc(Nc3ccncc3)nn2)CC1. The molecule has 0 atom stereocenters. The number of amides is 1. The van der Waals surface area contributed by atoms with E-state index in [9.17, 15) is 4.79 Å². The maximum absolute atomic E-state index is 12.4. The molecule has 1 amide bonds. The number of carbonyl (C=O) groups is 1. The molecule has 0 aromatic carbocycles. The molecule has 1 aliphatic heterocycles. The lowest BCUT2D eigenvalue weighted by Gasteiger charge is -2.34. The summed E-state index contributed by atoms with van der Waals surface area (Å²) in [5.41, 5.74) is 1.28. The molecule has 1 N–H and O–H groups in total. The highest BCUT2D eigenvalue weighted by atomic mass is 16.2. The van der Waals surface area contributed by atoms with Crippen molar-refractivity contribution in [2.45, 2.75) is 0 Å². The number of nitrogens with one attached hydrogen (secondary N) is 1. The minimum absolute atomic E-state index is 0.0919. The number of hydrogen-bond donors (Lipinski definition) is 1. The predicted molar refractivity (Wildman–Crippen MR) is 99.7 cm³/mol. The first-order valence-corrected chi connectivity index (χ1v) is 8.60. The molecule has 136 valence electrons. The second kappa shape index (κ2) is 7.73. The van der Waals surface area contributed by atoms with Crippen molar-refractivity contribution >= 4 is 23.2 Å². The summed E-state index contributed by atoms with van der Waals surface area (Å²) in [5.74, 6) is 1.37. The van der Waals surface area contributed by atoms with E-state index in [1.165, 1.54) is 12.4 Å². The van der Waals surface area contributed by atoms with E-state index in [0.717, 1.165) is 11.5 Å². The molecule has 4 heterocycles. The lowest BCUT2D eigenvalue weighted by Crippen LogP contribution is -2.49. The lowest BCUT2D eigenvalue weighted by atomic mass is 10.2. The van der Waals surface area contributed by atoms with Crippen LogP contribution in [0.15, 0.2) is 55.2 Å². The zero-order valence-corrected chi connectivity index (χ0v) is 14.6. The van der Waals surface area contributed by atoms with Crippen molar-refractivity contribution in [3.63, 3.8) is 0 Å². The highest BCUT2D eigenvalue weighted by molar-refractivity contribution is 5.92. The number of piperazine rings is 1. The first kappa shape index (κ1) is 16.8. The van der Waals surface area contributed by atoms with Crippen LogP contribution in [0.3, 0.4) is 0 Å². The Morgan fingerprint density at radius 2 is 1.70 bits per heavy atom. The fourth-order valence-electron chi connectivity index (χ4n) is 2.85. The molecule has 0 aliphatic carbocycles. The molecule has 1 aliphatic rings. The normalized spacial score (nSPS) is 14.1. The van der Waals surface area contributed by atoms with Crippen molar-refractivity contribution in [1.82, 2.24) is 30.0 Å². The van der Waals surface area contributed by atoms with Crippen LogP contribution in [-0.2, 0) is 0 Å². The Hall–Kier alpha value is -3.62. The van der Waals surface area contributed by atoms with Crippen LogP contribution in [0, 0.1) is 0 Å². The number of nitrogens with zero attached hydrogens (tertiary/aromatic N) is 7. The molecule has 1 fully saturated rings. The van der Waals surface area contributed by atoms with Gasteiger partial charge in [0.05, 0.1) is 6.20 Å². The Balaban J connectivity index is 1.35. The monoisotopic (exact) mass is 362 g/mol. The molecular weight excluding hydrogens is 344 g/mol. The number of anilines is 3. The van der Waals surface area contributed by atoms with Gasteiger partial charge < -0.3 is 15.1 Å². The van der Waals surface area contributed by atoms with Gasteiger partial charge in [-0.2, -0.15) is 0 Å². The summed E-state index contributed by atoms with van der Waals surface area (Å²) in [6, 6.07) is 7.54. The summed E-state index contributed by atoms with van der Waals surface area (Å²) in [5, 5.41) is 11.7. The largest absolute Gasteiger partial charge is 0.352 e. The van der Waals surface area contributed by atoms with Crippen LogP contribution in [-0.4, -0.2) is 62.1 Å². The molecule has 0 spiro atoms. The van der Waals surface area contributed by atoms with Crippen molar-refractivity contribution in [2.75, 3.05) is 36.4 Å². The van der Waals surface area contributed by atoms with Gasteiger partial charge in [-0.1, -0.05) is 0 Å². The molecule has 27 heavy (non-hydrogen) atoms. The fraction of sp³-hybridized carbons (Fsp3) is 0.222. The minimum atomic E-state index is -0.0919. The predicted octanol–water partition coefficient (Wildman–Crippen LogP) is 1.37. The summed E-state index contributed by atoms with van der Waals surface area (Å²) in [6.07, 6.45) is 8.01. The summed E-state index contributed by atoms with van der Waals surface area (Å²) in [7, 11) is 0. The van der Waals surface area contributed by atoms with Gasteiger partial charge in [0, 0.05) is 56.7 Å². The van der Waals surface area contributed by atoms with Crippen LogP contribution in [0.5, 0.6) is 0 Å². The fourth-order valence-corrected chi connectivity index (χ4v) is 2.85. The van der Waals surface area contributed by atoms with Gasteiger partial charge in [0.2, 0.25) is 0 Å². The average Bonchev–Trinajstić information content (AvgIpc) is 2.75. The molecule has 0 radical (unpaired) electrons. The number of rotatable bonds is 4. The number of hydrogen-bond acceptors (Lipinski definition) is 8. The van der Waals surface area contributed by atoms with Gasteiger partial charge in [0.1, 0.15) is 5.69 Å². The molecule has 1 saturated heterocycles. The second-order valence-corrected chi connectivity index (χ2v) is 6.01. The quantitative estimate of drug-likeness (QED) is 0.743. The second-order valence-electron chi connectivity index (χ2n) is 6.01. The smallest absolute Gasteiger partial charge is 0.274 e. The van der Waals surface area contributed by atoms with Gasteiger partial charge in [0.15, 0.2) is 11.6 Å². The Morgan fingerprint density at radius 3 is 2.37 bits per heavy atom. The maximum Gasteiger partial charge on any atom is 0.274 e. The van der Waals surface area contributed by atoms with E-state index < -0.39 is 0 Å². The third-order valence-electron chi connectivity index (χ3n) is 4.28. The van der Waals surface area contributed by atoms with Gasteiger partial charge in [-0.15, -0.1) is 10.2 Å². The van der Waals surface area contributed by atoms with Crippen molar-refractivity contribution in [3.05, 3.63) is 60.9 Å². The van der Waals surface area contributed by atoms with E-state index in [-0.39, 0.29) is 5.91 Å². The van der Waals surface area contributed by atoms with E-state index in [0.29, 0.717) is 37.7 Å². The van der Waals surface area contributed by atoms with E-state index in [1.807, 2.05) is 24.3 Å². The lowest BCUT2D eigenvalue weighted by molar-refractivity contribution is 0.0740. The number of pyridine rings is 1. The van der Waals surface area contributed by atoms with E-state index in [4.69, 9.17) is 0 Å². The van der Waals surface area contributed by atoms with Crippen LogP contribution < -0.4 is 10.2 Å². The molecule has 0 saturated carbocycles. The first-order chi connectivity index (χ1) is 13.3. The standard InChI is InChI=1S/C18H18N8O/c27-18(15-13-20-7-8-21-15)26-11-9-25(10-12-26)17-2-1-16(23-24-17)22-14-3-5-19-6-4-14/h1-8,13H,9-12H2,(H,19,22,23). The highest BCUT2D eigenvalue weighted by Crippen LogP contribution is 2.17. The Bertz CT molecular complexity index is 880. The van der Waals surface area contributed by atoms with Crippen LogP contribution in [0.1, 0.15) is 10.5 Å². The molecule has 0 bridgehead atoms. The first-order valence-electron chi connectivity index (χ1n) is 8.60. The van der Waals surface area contributed by atoms with Crippen molar-refractivity contribution < 1.29 is 4.79 Å². The summed E-state index contributed by atoms with van der Waals surface area (Å²) >= 11 is 0. The topological polar surface area (TPSA) is 100 Å².